The molecule has 0 aromatic heterocycles. The highest BCUT2D eigenvalue weighted by Crippen LogP contribution is 2.38. The molecule has 2 aromatic rings. The maximum absolute atomic E-state index is 12.0. The SMILES string of the molecule is O=C1O[C@H]2C[C@H](O[Si]C(c3ccccc3)c3ccccc3)[C@@H]1C=C2Br. The van der Waals surface area contributed by atoms with E-state index in [0.29, 0.717) is 0 Å². The van der Waals surface area contributed by atoms with Crippen LogP contribution < -0.4 is 0 Å². The van der Waals surface area contributed by atoms with Crippen LogP contribution in [0.3, 0.4) is 0 Å². The number of hydrogen-bond donors (Lipinski definition) is 0. The Labute approximate surface area is 158 Å². The van der Waals surface area contributed by atoms with Crippen molar-refractivity contribution in [3.8, 4) is 0 Å². The van der Waals surface area contributed by atoms with E-state index in [1.807, 2.05) is 18.2 Å². The minimum Gasteiger partial charge on any atom is -0.456 e. The van der Waals surface area contributed by atoms with E-state index in [2.05, 4.69) is 64.5 Å². The van der Waals surface area contributed by atoms with Crippen LogP contribution in [0.25, 0.3) is 0 Å². The number of esters is 1. The second-order valence-corrected chi connectivity index (χ2v) is 8.23. The summed E-state index contributed by atoms with van der Waals surface area (Å²) >= 11 is 3.48. The lowest BCUT2D eigenvalue weighted by atomic mass is 9.88. The van der Waals surface area contributed by atoms with Gasteiger partial charge in [0.15, 0.2) is 0 Å². The van der Waals surface area contributed by atoms with Crippen molar-refractivity contribution in [2.45, 2.75) is 24.2 Å². The summed E-state index contributed by atoms with van der Waals surface area (Å²) < 4.78 is 12.6. The molecule has 1 saturated heterocycles. The first-order valence-corrected chi connectivity index (χ1v) is 10.1. The van der Waals surface area contributed by atoms with E-state index in [4.69, 9.17) is 9.16 Å². The summed E-state index contributed by atoms with van der Waals surface area (Å²) in [5.74, 6) is -0.482. The summed E-state index contributed by atoms with van der Waals surface area (Å²) in [4.78, 5) is 12.0. The van der Waals surface area contributed by atoms with Crippen molar-refractivity contribution >= 4 is 31.7 Å². The fourth-order valence-corrected chi connectivity index (χ4v) is 5.07. The fourth-order valence-electron chi connectivity index (χ4n) is 3.30. The van der Waals surface area contributed by atoms with Crippen molar-refractivity contribution in [1.82, 2.24) is 0 Å². The van der Waals surface area contributed by atoms with Crippen LogP contribution in [0.5, 0.6) is 0 Å². The Bertz CT molecular complexity index is 739. The molecule has 0 N–H and O–H groups in total. The van der Waals surface area contributed by atoms with Gasteiger partial charge in [-0.15, -0.1) is 0 Å². The number of rotatable bonds is 5. The molecule has 2 heterocycles. The molecule has 0 amide bonds. The Morgan fingerprint density at radius 2 is 1.64 bits per heavy atom. The molecule has 3 aliphatic rings. The zero-order valence-corrected chi connectivity index (χ0v) is 16.1. The molecular formula is C20H17BrO3Si. The van der Waals surface area contributed by atoms with Crippen molar-refractivity contribution in [1.29, 1.82) is 0 Å². The normalized spacial score (nSPS) is 25.0. The number of carbonyl (C=O) groups excluding carboxylic acids is 1. The largest absolute Gasteiger partial charge is 0.456 e. The molecule has 0 unspecified atom stereocenters. The van der Waals surface area contributed by atoms with Crippen molar-refractivity contribution in [2.24, 2.45) is 5.92 Å². The molecule has 2 aromatic carbocycles. The molecule has 2 bridgehead atoms. The quantitative estimate of drug-likeness (QED) is 0.549. The Kier molecular flexibility index (Phi) is 4.88. The van der Waals surface area contributed by atoms with E-state index < -0.39 is 0 Å². The number of halogens is 1. The van der Waals surface area contributed by atoms with Gasteiger partial charge in [0.1, 0.15) is 12.0 Å². The Morgan fingerprint density at radius 1 is 1.04 bits per heavy atom. The zero-order valence-electron chi connectivity index (χ0n) is 13.5. The maximum atomic E-state index is 12.0. The van der Waals surface area contributed by atoms with Gasteiger partial charge < -0.3 is 9.16 Å². The molecule has 3 nitrogen and oxygen atoms in total. The molecule has 3 atom stereocenters. The molecular weight excluding hydrogens is 396 g/mol. The Hall–Kier alpha value is -1.69. The second-order valence-electron chi connectivity index (χ2n) is 6.27. The van der Waals surface area contributed by atoms with E-state index in [1.54, 1.807) is 0 Å². The van der Waals surface area contributed by atoms with Crippen LogP contribution >= 0.6 is 15.9 Å². The fraction of sp³-hybridized carbons (Fsp3) is 0.250. The first-order valence-electron chi connectivity index (χ1n) is 8.31. The number of benzene rings is 2. The molecule has 1 fully saturated rings. The highest BCUT2D eigenvalue weighted by molar-refractivity contribution is 9.11. The van der Waals surface area contributed by atoms with Crippen LogP contribution in [-0.4, -0.2) is 27.9 Å². The van der Waals surface area contributed by atoms with Gasteiger partial charge in [-0.2, -0.15) is 0 Å². The first-order chi connectivity index (χ1) is 12.2. The van der Waals surface area contributed by atoms with E-state index in [1.165, 1.54) is 11.1 Å². The molecule has 5 heteroatoms. The van der Waals surface area contributed by atoms with Crippen molar-refractivity contribution < 1.29 is 14.0 Å². The smallest absolute Gasteiger partial charge is 0.316 e. The molecule has 0 spiro atoms. The van der Waals surface area contributed by atoms with Gasteiger partial charge in [0.2, 0.25) is 9.76 Å². The monoisotopic (exact) mass is 412 g/mol. The first kappa shape index (κ1) is 16.8. The van der Waals surface area contributed by atoms with Crippen LogP contribution in [0.2, 0.25) is 0 Å². The van der Waals surface area contributed by atoms with E-state index in [0.717, 1.165) is 10.9 Å². The van der Waals surface area contributed by atoms with Crippen molar-refractivity contribution in [3.63, 3.8) is 0 Å². The minimum atomic E-state index is -0.306. The van der Waals surface area contributed by atoms with Gasteiger partial charge in [-0.3, -0.25) is 4.79 Å². The lowest BCUT2D eigenvalue weighted by Gasteiger charge is -2.38. The van der Waals surface area contributed by atoms with Crippen LogP contribution in [0.15, 0.2) is 71.2 Å². The summed E-state index contributed by atoms with van der Waals surface area (Å²) in [6.07, 6.45) is 2.35. The van der Waals surface area contributed by atoms with E-state index >= 15 is 0 Å². The third-order valence-electron chi connectivity index (χ3n) is 4.63. The molecule has 126 valence electrons. The zero-order chi connectivity index (χ0) is 17.2. The molecule has 2 radical (unpaired) electrons. The average Bonchev–Trinajstić information content (AvgIpc) is 2.65. The topological polar surface area (TPSA) is 35.5 Å². The lowest BCUT2D eigenvalue weighted by molar-refractivity contribution is -0.164. The van der Waals surface area contributed by atoms with Gasteiger partial charge in [0.05, 0.1) is 6.10 Å². The van der Waals surface area contributed by atoms with Gasteiger partial charge >= 0.3 is 5.97 Å². The standard InChI is InChI=1S/C20H17BrO3Si/c21-16-11-15-17(12-18(16)23-20(15)22)24-25-19(13-7-3-1-4-8-13)14-9-5-2-6-10-14/h1-11,15,17-19H,12H2/t15-,17-,18-/m0/s1. The molecule has 25 heavy (non-hydrogen) atoms. The van der Waals surface area contributed by atoms with Gasteiger partial charge in [0, 0.05) is 16.4 Å². The van der Waals surface area contributed by atoms with Gasteiger partial charge in [0.25, 0.3) is 0 Å². The van der Waals surface area contributed by atoms with Crippen LogP contribution in [0.1, 0.15) is 23.1 Å². The van der Waals surface area contributed by atoms with Gasteiger partial charge in [-0.25, -0.2) is 0 Å². The Balaban J connectivity index is 1.53. The van der Waals surface area contributed by atoms with E-state index in [-0.39, 0.29) is 39.4 Å². The van der Waals surface area contributed by atoms with Crippen LogP contribution in [0.4, 0.5) is 0 Å². The summed E-state index contributed by atoms with van der Waals surface area (Å²) in [6.45, 7) is 0. The number of hydrogen-bond acceptors (Lipinski definition) is 3. The predicted octanol–water partition coefficient (Wildman–Crippen LogP) is 4.00. The highest BCUT2D eigenvalue weighted by Gasteiger charge is 2.43. The number of ether oxygens (including phenoxy) is 1. The summed E-state index contributed by atoms with van der Waals surface area (Å²) in [7, 11) is 0.248. The second kappa shape index (κ2) is 7.28. The Morgan fingerprint density at radius 3 is 2.20 bits per heavy atom. The molecule has 0 saturated carbocycles. The van der Waals surface area contributed by atoms with Gasteiger partial charge in [-0.05, 0) is 11.1 Å². The lowest BCUT2D eigenvalue weighted by Crippen LogP contribution is -2.46. The number of fused-ring (bicyclic) bond motifs is 2. The van der Waals surface area contributed by atoms with E-state index in [9.17, 15) is 4.79 Å². The molecule has 2 aliphatic heterocycles. The van der Waals surface area contributed by atoms with Crippen molar-refractivity contribution in [3.05, 3.63) is 82.3 Å². The van der Waals surface area contributed by atoms with Crippen LogP contribution in [0, 0.1) is 5.92 Å². The highest BCUT2D eigenvalue weighted by atomic mass is 79.9. The third-order valence-corrected chi connectivity index (χ3v) is 6.74. The number of carbonyl (C=O) groups is 1. The molecule has 5 rings (SSSR count). The summed E-state index contributed by atoms with van der Waals surface area (Å²) in [6, 6.07) is 20.8. The summed E-state index contributed by atoms with van der Waals surface area (Å²) in [5.41, 5.74) is 2.63. The average molecular weight is 413 g/mol. The van der Waals surface area contributed by atoms with Gasteiger partial charge in [-0.1, -0.05) is 82.7 Å². The van der Waals surface area contributed by atoms with Crippen molar-refractivity contribution in [2.75, 3.05) is 0 Å². The van der Waals surface area contributed by atoms with Crippen LogP contribution in [-0.2, 0) is 14.0 Å². The molecule has 1 aliphatic carbocycles. The third kappa shape index (κ3) is 3.49. The maximum Gasteiger partial charge on any atom is 0.316 e. The minimum absolute atomic E-state index is 0.110. The predicted molar refractivity (Wildman–Crippen MR) is 100 cm³/mol. The summed E-state index contributed by atoms with van der Waals surface area (Å²) in [5, 5.41) is 0.